The lowest BCUT2D eigenvalue weighted by atomic mass is 9.67. The van der Waals surface area contributed by atoms with E-state index in [1.165, 1.54) is 0 Å². The highest BCUT2D eigenvalue weighted by Gasteiger charge is 2.47. The molecule has 3 aromatic rings. The van der Waals surface area contributed by atoms with Crippen molar-refractivity contribution < 1.29 is 14.3 Å². The minimum atomic E-state index is -0.736. The van der Waals surface area contributed by atoms with Crippen molar-refractivity contribution in [1.29, 1.82) is 0 Å². The summed E-state index contributed by atoms with van der Waals surface area (Å²) < 4.78 is 5.11. The van der Waals surface area contributed by atoms with Gasteiger partial charge in [0.15, 0.2) is 0 Å². The first-order valence-corrected chi connectivity index (χ1v) is 10.2. The van der Waals surface area contributed by atoms with Gasteiger partial charge < -0.3 is 9.72 Å². The van der Waals surface area contributed by atoms with Gasteiger partial charge >= 0.3 is 6.09 Å². The van der Waals surface area contributed by atoms with Gasteiger partial charge in [0, 0.05) is 11.3 Å². The average molecular weight is 402 g/mol. The SMILES string of the molecule is O=C1NC(=O)[C@]2(CCC[C@@H](c3ccc(-c4ccc5ccccc5c4)[nH]c3=O)C2)CO1. The lowest BCUT2D eigenvalue weighted by Crippen LogP contribution is -2.54. The molecule has 2 fully saturated rings. The average Bonchev–Trinajstić information content (AvgIpc) is 2.76. The molecule has 152 valence electrons. The molecule has 2 amide bonds. The number of ether oxygens (including phenoxy) is 1. The number of pyridine rings is 1. The number of hydrogen-bond acceptors (Lipinski definition) is 4. The highest BCUT2D eigenvalue weighted by atomic mass is 16.6. The summed E-state index contributed by atoms with van der Waals surface area (Å²) in [4.78, 5) is 39.8. The van der Waals surface area contributed by atoms with Crippen molar-refractivity contribution in [2.24, 2.45) is 5.41 Å². The molecule has 5 rings (SSSR count). The van der Waals surface area contributed by atoms with E-state index in [1.807, 2.05) is 36.4 Å². The molecule has 1 aliphatic heterocycles. The van der Waals surface area contributed by atoms with E-state index in [1.54, 1.807) is 0 Å². The molecule has 1 saturated heterocycles. The molecule has 6 heteroatoms. The Kier molecular flexibility index (Phi) is 4.42. The number of fused-ring (bicyclic) bond motifs is 1. The van der Waals surface area contributed by atoms with E-state index in [9.17, 15) is 14.4 Å². The topological polar surface area (TPSA) is 88.3 Å². The predicted molar refractivity (Wildman–Crippen MR) is 113 cm³/mol. The van der Waals surface area contributed by atoms with Crippen LogP contribution in [0.5, 0.6) is 0 Å². The molecule has 1 spiro atoms. The number of cyclic esters (lactones) is 1. The largest absolute Gasteiger partial charge is 0.448 e. The molecule has 2 aliphatic rings. The lowest BCUT2D eigenvalue weighted by Gasteiger charge is -2.40. The van der Waals surface area contributed by atoms with Gasteiger partial charge in [0.05, 0.1) is 5.41 Å². The van der Waals surface area contributed by atoms with Gasteiger partial charge in [0.2, 0.25) is 5.91 Å². The number of amides is 2. The van der Waals surface area contributed by atoms with Crippen LogP contribution in [0.15, 0.2) is 59.4 Å². The number of rotatable bonds is 2. The summed E-state index contributed by atoms with van der Waals surface area (Å²) in [6.07, 6.45) is 2.12. The first kappa shape index (κ1) is 18.6. The van der Waals surface area contributed by atoms with Crippen LogP contribution in [0.2, 0.25) is 0 Å². The summed E-state index contributed by atoms with van der Waals surface area (Å²) in [6, 6.07) is 18.0. The molecule has 2 heterocycles. The summed E-state index contributed by atoms with van der Waals surface area (Å²) in [7, 11) is 0. The Hall–Kier alpha value is -3.41. The number of benzene rings is 2. The summed E-state index contributed by atoms with van der Waals surface area (Å²) in [5.74, 6) is -0.330. The van der Waals surface area contributed by atoms with Crippen LogP contribution in [0.25, 0.3) is 22.0 Å². The summed E-state index contributed by atoms with van der Waals surface area (Å²) in [5, 5.41) is 4.56. The Balaban J connectivity index is 1.43. The third-order valence-corrected chi connectivity index (χ3v) is 6.46. The van der Waals surface area contributed by atoms with Crippen molar-refractivity contribution >= 4 is 22.8 Å². The molecule has 0 radical (unpaired) electrons. The van der Waals surface area contributed by atoms with Gasteiger partial charge in [0.25, 0.3) is 5.56 Å². The van der Waals surface area contributed by atoms with Crippen molar-refractivity contribution in [2.45, 2.75) is 31.6 Å². The van der Waals surface area contributed by atoms with Crippen molar-refractivity contribution in [3.8, 4) is 11.3 Å². The molecule has 6 nitrogen and oxygen atoms in total. The first-order valence-electron chi connectivity index (χ1n) is 10.2. The van der Waals surface area contributed by atoms with Gasteiger partial charge in [-0.25, -0.2) is 4.79 Å². The van der Waals surface area contributed by atoms with Crippen LogP contribution in [0, 0.1) is 5.41 Å². The molecule has 2 N–H and O–H groups in total. The van der Waals surface area contributed by atoms with E-state index in [0.29, 0.717) is 18.4 Å². The minimum Gasteiger partial charge on any atom is -0.448 e. The zero-order valence-electron chi connectivity index (χ0n) is 16.4. The highest BCUT2D eigenvalue weighted by molar-refractivity contribution is 5.97. The Labute approximate surface area is 173 Å². The number of imide groups is 1. The van der Waals surface area contributed by atoms with Crippen LogP contribution in [0.1, 0.15) is 37.2 Å². The maximum Gasteiger partial charge on any atom is 0.413 e. The lowest BCUT2D eigenvalue weighted by molar-refractivity contribution is -0.139. The van der Waals surface area contributed by atoms with Crippen LogP contribution < -0.4 is 10.9 Å². The Bertz CT molecular complexity index is 1220. The van der Waals surface area contributed by atoms with E-state index < -0.39 is 11.5 Å². The number of aromatic nitrogens is 1. The fourth-order valence-electron chi connectivity index (χ4n) is 4.83. The molecule has 2 atom stereocenters. The molecule has 30 heavy (non-hydrogen) atoms. The second-order valence-electron chi connectivity index (χ2n) is 8.32. The second kappa shape index (κ2) is 7.13. The van der Waals surface area contributed by atoms with Gasteiger partial charge in [-0.05, 0) is 53.6 Å². The van der Waals surface area contributed by atoms with Gasteiger partial charge in [-0.15, -0.1) is 0 Å². The van der Waals surface area contributed by atoms with Gasteiger partial charge in [-0.2, -0.15) is 0 Å². The number of H-pyrrole nitrogens is 1. The quantitative estimate of drug-likeness (QED) is 0.675. The van der Waals surface area contributed by atoms with Gasteiger partial charge in [-0.1, -0.05) is 48.9 Å². The zero-order chi connectivity index (χ0) is 20.7. The molecule has 0 bridgehead atoms. The maximum atomic E-state index is 12.9. The Morgan fingerprint density at radius 1 is 0.967 bits per heavy atom. The van der Waals surface area contributed by atoms with Crippen LogP contribution >= 0.6 is 0 Å². The normalized spacial score (nSPS) is 23.9. The van der Waals surface area contributed by atoms with Gasteiger partial charge in [-0.3, -0.25) is 14.9 Å². The molecule has 0 unspecified atom stereocenters. The molecule has 1 saturated carbocycles. The van der Waals surface area contributed by atoms with E-state index >= 15 is 0 Å². The van der Waals surface area contributed by atoms with Crippen molar-refractivity contribution in [2.75, 3.05) is 6.61 Å². The molecular formula is C24H22N2O4. The fraction of sp³-hybridized carbons (Fsp3) is 0.292. The monoisotopic (exact) mass is 402 g/mol. The fourth-order valence-corrected chi connectivity index (χ4v) is 4.83. The molecule has 2 aromatic carbocycles. The zero-order valence-corrected chi connectivity index (χ0v) is 16.4. The Morgan fingerprint density at radius 3 is 2.60 bits per heavy atom. The van der Waals surface area contributed by atoms with Crippen molar-refractivity contribution in [3.05, 3.63) is 70.5 Å². The van der Waals surface area contributed by atoms with E-state index in [4.69, 9.17) is 4.74 Å². The van der Waals surface area contributed by atoms with E-state index in [-0.39, 0.29) is 24.0 Å². The maximum absolute atomic E-state index is 12.9. The number of nitrogens with one attached hydrogen (secondary N) is 2. The van der Waals surface area contributed by atoms with E-state index in [0.717, 1.165) is 34.9 Å². The molecular weight excluding hydrogens is 380 g/mol. The standard InChI is InChI=1S/C24H22N2O4/c27-21-19(18-6-3-11-24(13-18)14-30-23(29)26-22(24)28)9-10-20(25-21)17-8-7-15-4-1-2-5-16(15)12-17/h1-2,4-5,7-10,12,18H,3,6,11,13-14H2,(H,25,27)(H,26,28,29)/t18-,24+/m1/s1. The predicted octanol–water partition coefficient (Wildman–Crippen LogP) is 4.11. The minimum absolute atomic E-state index is 0.0456. The molecule has 1 aliphatic carbocycles. The van der Waals surface area contributed by atoms with Crippen LogP contribution in [-0.4, -0.2) is 23.6 Å². The highest BCUT2D eigenvalue weighted by Crippen LogP contribution is 2.44. The first-order chi connectivity index (χ1) is 14.5. The van der Waals surface area contributed by atoms with Crippen LogP contribution in [0.3, 0.4) is 0 Å². The second-order valence-corrected chi connectivity index (χ2v) is 8.32. The summed E-state index contributed by atoms with van der Waals surface area (Å²) >= 11 is 0. The number of alkyl carbamates (subject to hydrolysis) is 1. The van der Waals surface area contributed by atoms with Crippen molar-refractivity contribution in [1.82, 2.24) is 10.3 Å². The van der Waals surface area contributed by atoms with E-state index in [2.05, 4.69) is 28.5 Å². The van der Waals surface area contributed by atoms with Crippen molar-refractivity contribution in [3.63, 3.8) is 0 Å². The van der Waals surface area contributed by atoms with Gasteiger partial charge in [0.1, 0.15) is 6.61 Å². The number of hydrogen-bond donors (Lipinski definition) is 2. The number of carbonyl (C=O) groups is 2. The smallest absolute Gasteiger partial charge is 0.413 e. The summed E-state index contributed by atoms with van der Waals surface area (Å²) in [6.45, 7) is 0.0846. The van der Waals surface area contributed by atoms with Crippen LogP contribution in [-0.2, 0) is 9.53 Å². The summed E-state index contributed by atoms with van der Waals surface area (Å²) in [5.41, 5.74) is 1.54. The van der Waals surface area contributed by atoms with Crippen LogP contribution in [0.4, 0.5) is 4.79 Å². The molecule has 1 aromatic heterocycles. The Morgan fingerprint density at radius 2 is 1.80 bits per heavy atom. The third kappa shape index (κ3) is 3.18. The number of carbonyl (C=O) groups excluding carboxylic acids is 2. The number of aromatic amines is 1. The third-order valence-electron chi connectivity index (χ3n) is 6.46.